The standard InChI is InChI=1S/C18H17F6N3/c19-17(20,21)14-5-2-1-4-13(14)12-26-8-10-27(11-9-26)16-15(18(22,23)24)6-3-7-25-16/h1-7H,8-12H2. The van der Waals surface area contributed by atoms with Gasteiger partial charge in [-0.1, -0.05) is 18.2 Å². The molecule has 146 valence electrons. The number of alkyl halides is 6. The van der Waals surface area contributed by atoms with Crippen molar-refractivity contribution < 1.29 is 26.3 Å². The lowest BCUT2D eigenvalue weighted by Gasteiger charge is -2.36. The van der Waals surface area contributed by atoms with Gasteiger partial charge in [0.25, 0.3) is 0 Å². The molecule has 0 radical (unpaired) electrons. The minimum Gasteiger partial charge on any atom is -0.354 e. The summed E-state index contributed by atoms with van der Waals surface area (Å²) < 4.78 is 78.7. The third kappa shape index (κ3) is 4.52. The van der Waals surface area contributed by atoms with Crippen LogP contribution in [0.4, 0.5) is 32.2 Å². The molecule has 27 heavy (non-hydrogen) atoms. The summed E-state index contributed by atoms with van der Waals surface area (Å²) in [6, 6.07) is 7.56. The number of hydrogen-bond acceptors (Lipinski definition) is 3. The fraction of sp³-hybridized carbons (Fsp3) is 0.389. The second-order valence-corrected chi connectivity index (χ2v) is 6.29. The average Bonchev–Trinajstić information content (AvgIpc) is 2.61. The summed E-state index contributed by atoms with van der Waals surface area (Å²) in [5.74, 6) is -0.139. The molecule has 0 amide bonds. The second-order valence-electron chi connectivity index (χ2n) is 6.29. The fourth-order valence-electron chi connectivity index (χ4n) is 3.16. The highest BCUT2D eigenvalue weighted by Gasteiger charge is 2.37. The molecule has 0 saturated carbocycles. The van der Waals surface area contributed by atoms with Crippen LogP contribution in [0.2, 0.25) is 0 Å². The minimum absolute atomic E-state index is 0.0951. The van der Waals surface area contributed by atoms with E-state index in [1.807, 2.05) is 0 Å². The molecule has 0 N–H and O–H groups in total. The monoisotopic (exact) mass is 389 g/mol. The van der Waals surface area contributed by atoms with Gasteiger partial charge in [-0.05, 0) is 23.8 Å². The number of aromatic nitrogens is 1. The molecule has 0 atom stereocenters. The summed E-state index contributed by atoms with van der Waals surface area (Å²) in [6.07, 6.45) is -7.64. The number of anilines is 1. The zero-order valence-corrected chi connectivity index (χ0v) is 14.2. The Balaban J connectivity index is 1.69. The molecule has 1 aromatic heterocycles. The maximum atomic E-state index is 13.1. The molecule has 3 nitrogen and oxygen atoms in total. The van der Waals surface area contributed by atoms with Crippen molar-refractivity contribution in [2.24, 2.45) is 0 Å². The van der Waals surface area contributed by atoms with E-state index in [2.05, 4.69) is 4.98 Å². The van der Waals surface area contributed by atoms with E-state index in [1.165, 1.54) is 29.3 Å². The molecular formula is C18H17F6N3. The summed E-state index contributed by atoms with van der Waals surface area (Å²) in [6.45, 7) is 1.31. The fourth-order valence-corrected chi connectivity index (χ4v) is 3.16. The van der Waals surface area contributed by atoms with Crippen LogP contribution < -0.4 is 4.90 Å². The summed E-state index contributed by atoms with van der Waals surface area (Å²) in [5.41, 5.74) is -1.33. The predicted octanol–water partition coefficient (Wildman–Crippen LogP) is 4.44. The molecule has 1 aliphatic heterocycles. The van der Waals surface area contributed by atoms with Crippen LogP contribution in [-0.2, 0) is 18.9 Å². The van der Waals surface area contributed by atoms with Gasteiger partial charge >= 0.3 is 12.4 Å². The van der Waals surface area contributed by atoms with Gasteiger partial charge in [0.15, 0.2) is 0 Å². The zero-order valence-electron chi connectivity index (χ0n) is 14.2. The Labute approximate surface area is 152 Å². The number of hydrogen-bond donors (Lipinski definition) is 0. The van der Waals surface area contributed by atoms with Gasteiger partial charge in [-0.2, -0.15) is 26.3 Å². The van der Waals surface area contributed by atoms with Crippen molar-refractivity contribution in [3.8, 4) is 0 Å². The smallest absolute Gasteiger partial charge is 0.354 e. The first-order valence-corrected chi connectivity index (χ1v) is 8.31. The van der Waals surface area contributed by atoms with E-state index in [-0.39, 0.29) is 31.0 Å². The van der Waals surface area contributed by atoms with E-state index in [9.17, 15) is 26.3 Å². The Kier molecular flexibility index (Phi) is 5.32. The van der Waals surface area contributed by atoms with Crippen LogP contribution in [0.3, 0.4) is 0 Å². The average molecular weight is 389 g/mol. The van der Waals surface area contributed by atoms with Crippen molar-refractivity contribution >= 4 is 5.82 Å². The maximum Gasteiger partial charge on any atom is 0.419 e. The highest BCUT2D eigenvalue weighted by molar-refractivity contribution is 5.48. The molecule has 1 aromatic carbocycles. The summed E-state index contributed by atoms with van der Waals surface area (Å²) >= 11 is 0. The first kappa shape index (κ1) is 19.5. The maximum absolute atomic E-state index is 13.1. The van der Waals surface area contributed by atoms with E-state index in [0.29, 0.717) is 13.1 Å². The highest BCUT2D eigenvalue weighted by Crippen LogP contribution is 2.36. The van der Waals surface area contributed by atoms with Gasteiger partial charge in [0.1, 0.15) is 5.82 Å². The molecule has 0 spiro atoms. The highest BCUT2D eigenvalue weighted by atomic mass is 19.4. The Bertz CT molecular complexity index is 779. The Morgan fingerprint density at radius 2 is 1.37 bits per heavy atom. The Morgan fingerprint density at radius 3 is 2.00 bits per heavy atom. The third-order valence-electron chi connectivity index (χ3n) is 4.48. The van der Waals surface area contributed by atoms with Crippen LogP contribution in [0.15, 0.2) is 42.6 Å². The van der Waals surface area contributed by atoms with Crippen molar-refractivity contribution in [2.75, 3.05) is 31.1 Å². The molecular weight excluding hydrogens is 372 g/mol. The number of nitrogens with zero attached hydrogens (tertiary/aromatic N) is 3. The van der Waals surface area contributed by atoms with Gasteiger partial charge in [-0.15, -0.1) is 0 Å². The van der Waals surface area contributed by atoms with Crippen molar-refractivity contribution in [3.05, 3.63) is 59.3 Å². The predicted molar refractivity (Wildman–Crippen MR) is 88.2 cm³/mol. The molecule has 0 unspecified atom stereocenters. The largest absolute Gasteiger partial charge is 0.419 e. The van der Waals surface area contributed by atoms with Gasteiger partial charge in [0.05, 0.1) is 11.1 Å². The SMILES string of the molecule is FC(F)(F)c1ccccc1CN1CCN(c2ncccc2C(F)(F)F)CC1. The van der Waals surface area contributed by atoms with Gasteiger partial charge in [0.2, 0.25) is 0 Å². The van der Waals surface area contributed by atoms with E-state index in [1.54, 1.807) is 11.0 Å². The van der Waals surface area contributed by atoms with Crippen molar-refractivity contribution in [3.63, 3.8) is 0 Å². The van der Waals surface area contributed by atoms with Crippen LogP contribution in [0.25, 0.3) is 0 Å². The Morgan fingerprint density at radius 1 is 0.778 bits per heavy atom. The number of benzene rings is 1. The van der Waals surface area contributed by atoms with Gasteiger partial charge < -0.3 is 4.90 Å². The summed E-state index contributed by atoms with van der Waals surface area (Å²) in [4.78, 5) is 7.19. The van der Waals surface area contributed by atoms with Crippen LogP contribution >= 0.6 is 0 Å². The molecule has 2 heterocycles. The normalized spacial score (nSPS) is 16.6. The molecule has 2 aromatic rings. The lowest BCUT2D eigenvalue weighted by Crippen LogP contribution is -2.47. The molecule has 1 saturated heterocycles. The molecule has 1 aliphatic rings. The van der Waals surface area contributed by atoms with Crippen molar-refractivity contribution in [1.82, 2.24) is 9.88 Å². The second kappa shape index (κ2) is 7.38. The number of halogens is 6. The van der Waals surface area contributed by atoms with Crippen LogP contribution in [0.5, 0.6) is 0 Å². The van der Waals surface area contributed by atoms with E-state index < -0.39 is 23.5 Å². The van der Waals surface area contributed by atoms with Crippen LogP contribution in [0, 0.1) is 0 Å². The van der Waals surface area contributed by atoms with E-state index in [0.717, 1.165) is 12.1 Å². The van der Waals surface area contributed by atoms with E-state index in [4.69, 9.17) is 0 Å². The van der Waals surface area contributed by atoms with Crippen LogP contribution in [0.1, 0.15) is 16.7 Å². The topological polar surface area (TPSA) is 19.4 Å². The molecule has 9 heteroatoms. The van der Waals surface area contributed by atoms with Crippen molar-refractivity contribution in [1.29, 1.82) is 0 Å². The summed E-state index contributed by atoms with van der Waals surface area (Å²) in [5, 5.41) is 0. The summed E-state index contributed by atoms with van der Waals surface area (Å²) in [7, 11) is 0. The molecule has 0 aliphatic carbocycles. The van der Waals surface area contributed by atoms with Gasteiger partial charge in [-0.3, -0.25) is 4.90 Å². The zero-order chi connectivity index (χ0) is 19.7. The first-order valence-electron chi connectivity index (χ1n) is 8.31. The lowest BCUT2D eigenvalue weighted by atomic mass is 10.1. The van der Waals surface area contributed by atoms with Crippen LogP contribution in [-0.4, -0.2) is 36.1 Å². The van der Waals surface area contributed by atoms with Gasteiger partial charge in [-0.25, -0.2) is 4.98 Å². The molecule has 3 rings (SSSR count). The number of pyridine rings is 1. The van der Waals surface area contributed by atoms with Gasteiger partial charge in [0, 0.05) is 38.9 Å². The Hall–Kier alpha value is -2.29. The third-order valence-corrected chi connectivity index (χ3v) is 4.48. The number of rotatable bonds is 3. The minimum atomic E-state index is -4.51. The quantitative estimate of drug-likeness (QED) is 0.724. The first-order chi connectivity index (χ1) is 12.7. The van der Waals surface area contributed by atoms with E-state index >= 15 is 0 Å². The van der Waals surface area contributed by atoms with Crippen molar-refractivity contribution in [2.45, 2.75) is 18.9 Å². The number of piperazine rings is 1. The lowest BCUT2D eigenvalue weighted by molar-refractivity contribution is -0.138. The molecule has 0 bridgehead atoms. The molecule has 1 fully saturated rings.